The molecule has 2 heterocycles. The van der Waals surface area contributed by atoms with Gasteiger partial charge in [0.15, 0.2) is 0 Å². The van der Waals surface area contributed by atoms with Crippen molar-refractivity contribution in [2.45, 2.75) is 0 Å². The molecule has 0 saturated carbocycles. The summed E-state index contributed by atoms with van der Waals surface area (Å²) in [5.74, 6) is 0.862. The molecule has 17 heavy (non-hydrogen) atoms. The van der Waals surface area contributed by atoms with E-state index in [9.17, 15) is 0 Å². The first kappa shape index (κ1) is 10.8. The molecule has 0 fully saturated rings. The predicted octanol–water partition coefficient (Wildman–Crippen LogP) is 4.14. The Hall–Kier alpha value is -1.33. The number of hydrogen-bond acceptors (Lipinski definition) is 3. The molecular formula is C12H10BrN3S. The first-order chi connectivity index (χ1) is 8.24. The molecule has 0 radical (unpaired) electrons. The molecule has 0 amide bonds. The molecule has 1 N–H and O–H groups in total. The van der Waals surface area contributed by atoms with Crippen LogP contribution in [-0.2, 0) is 7.05 Å². The molecule has 0 aliphatic heterocycles. The van der Waals surface area contributed by atoms with Crippen LogP contribution in [-0.4, -0.2) is 9.55 Å². The fraction of sp³-hybridized carbons (Fsp3) is 0.0833. The minimum atomic E-state index is 0.862. The third-order valence-electron chi connectivity index (χ3n) is 2.59. The third kappa shape index (κ3) is 1.96. The standard InChI is InChI=1S/C12H10BrN3S/c1-16-10-5-3-2-4-9(10)14-12(16)15-11-6-8(13)7-17-11/h2-7H,1H3,(H,14,15). The summed E-state index contributed by atoms with van der Waals surface area (Å²) >= 11 is 5.09. The van der Waals surface area contributed by atoms with Gasteiger partial charge in [0.1, 0.15) is 0 Å². The number of imidazole rings is 1. The van der Waals surface area contributed by atoms with Gasteiger partial charge in [-0.3, -0.25) is 0 Å². The van der Waals surface area contributed by atoms with Crippen LogP contribution >= 0.6 is 27.3 Å². The number of halogens is 1. The van der Waals surface area contributed by atoms with Gasteiger partial charge in [0.2, 0.25) is 5.95 Å². The van der Waals surface area contributed by atoms with Gasteiger partial charge in [-0.1, -0.05) is 12.1 Å². The molecule has 0 aliphatic rings. The molecule has 3 nitrogen and oxygen atoms in total. The van der Waals surface area contributed by atoms with Gasteiger partial charge in [-0.05, 0) is 34.1 Å². The second-order valence-electron chi connectivity index (χ2n) is 3.74. The van der Waals surface area contributed by atoms with E-state index in [1.165, 1.54) is 0 Å². The molecule has 2 aromatic heterocycles. The Morgan fingerprint density at radius 2 is 2.18 bits per heavy atom. The zero-order chi connectivity index (χ0) is 11.8. The van der Waals surface area contributed by atoms with Crippen LogP contribution in [0.2, 0.25) is 0 Å². The summed E-state index contributed by atoms with van der Waals surface area (Å²) in [7, 11) is 2.01. The molecule has 1 aromatic carbocycles. The van der Waals surface area contributed by atoms with Crippen LogP contribution in [0.3, 0.4) is 0 Å². The highest BCUT2D eigenvalue weighted by atomic mass is 79.9. The summed E-state index contributed by atoms with van der Waals surface area (Å²) in [4.78, 5) is 4.56. The van der Waals surface area contributed by atoms with Gasteiger partial charge >= 0.3 is 0 Å². The van der Waals surface area contributed by atoms with Crippen LogP contribution in [0.5, 0.6) is 0 Å². The highest BCUT2D eigenvalue weighted by Crippen LogP contribution is 2.28. The van der Waals surface area contributed by atoms with Gasteiger partial charge in [-0.25, -0.2) is 4.98 Å². The summed E-state index contributed by atoms with van der Waals surface area (Å²) in [5, 5.41) is 6.45. The first-order valence-corrected chi connectivity index (χ1v) is 6.84. The molecule has 0 spiro atoms. The molecule has 0 atom stereocenters. The number of aryl methyl sites for hydroxylation is 1. The Balaban J connectivity index is 2.03. The Morgan fingerprint density at radius 1 is 1.35 bits per heavy atom. The van der Waals surface area contributed by atoms with E-state index in [1.54, 1.807) is 11.3 Å². The quantitative estimate of drug-likeness (QED) is 0.771. The number of thiophene rings is 1. The molecule has 5 heteroatoms. The van der Waals surface area contributed by atoms with Crippen molar-refractivity contribution in [3.8, 4) is 0 Å². The van der Waals surface area contributed by atoms with Gasteiger partial charge in [-0.15, -0.1) is 11.3 Å². The Kier molecular flexibility index (Phi) is 2.64. The van der Waals surface area contributed by atoms with E-state index >= 15 is 0 Å². The Labute approximate surface area is 111 Å². The second-order valence-corrected chi connectivity index (χ2v) is 5.56. The van der Waals surface area contributed by atoms with Gasteiger partial charge in [0, 0.05) is 16.9 Å². The number of fused-ring (bicyclic) bond motifs is 1. The van der Waals surface area contributed by atoms with E-state index < -0.39 is 0 Å². The molecule has 0 aliphatic carbocycles. The van der Waals surface area contributed by atoms with Crippen LogP contribution in [0.15, 0.2) is 40.2 Å². The average molecular weight is 308 g/mol. The maximum atomic E-state index is 4.56. The third-order valence-corrected chi connectivity index (χ3v) is 4.20. The van der Waals surface area contributed by atoms with Gasteiger partial charge in [0.25, 0.3) is 0 Å². The topological polar surface area (TPSA) is 29.9 Å². The minimum absolute atomic E-state index is 0.862. The molecule has 0 unspecified atom stereocenters. The molecule has 3 aromatic rings. The highest BCUT2D eigenvalue weighted by molar-refractivity contribution is 9.10. The molecular weight excluding hydrogens is 298 g/mol. The SMILES string of the molecule is Cn1c(Nc2cc(Br)cs2)nc2ccccc21. The van der Waals surface area contributed by atoms with Gasteiger partial charge in [0.05, 0.1) is 16.0 Å². The lowest BCUT2D eigenvalue weighted by Crippen LogP contribution is -1.97. The predicted molar refractivity (Wildman–Crippen MR) is 76.0 cm³/mol. The second kappa shape index (κ2) is 4.16. The number of aromatic nitrogens is 2. The van der Waals surface area contributed by atoms with Crippen LogP contribution < -0.4 is 5.32 Å². The van der Waals surface area contributed by atoms with Crippen molar-refractivity contribution in [3.05, 3.63) is 40.2 Å². The van der Waals surface area contributed by atoms with E-state index in [4.69, 9.17) is 0 Å². The van der Waals surface area contributed by atoms with Gasteiger partial charge in [-0.2, -0.15) is 0 Å². The number of rotatable bonds is 2. The van der Waals surface area contributed by atoms with E-state index in [2.05, 4.69) is 36.9 Å². The highest BCUT2D eigenvalue weighted by Gasteiger charge is 2.07. The van der Waals surface area contributed by atoms with Crippen LogP contribution in [0.25, 0.3) is 11.0 Å². The summed E-state index contributed by atoms with van der Waals surface area (Å²) in [5.41, 5.74) is 2.14. The summed E-state index contributed by atoms with van der Waals surface area (Å²) in [6, 6.07) is 10.2. The number of anilines is 2. The lowest BCUT2D eigenvalue weighted by atomic mass is 10.3. The van der Waals surface area contributed by atoms with Crippen molar-refractivity contribution >= 4 is 49.2 Å². The summed E-state index contributed by atoms with van der Waals surface area (Å²) in [6.07, 6.45) is 0. The number of nitrogens with zero attached hydrogens (tertiary/aromatic N) is 2. The lowest BCUT2D eigenvalue weighted by molar-refractivity contribution is 0.959. The van der Waals surface area contributed by atoms with Crippen LogP contribution in [0, 0.1) is 0 Å². The van der Waals surface area contributed by atoms with Crippen molar-refractivity contribution in [2.24, 2.45) is 7.05 Å². The van der Waals surface area contributed by atoms with Crippen molar-refractivity contribution in [1.82, 2.24) is 9.55 Å². The minimum Gasteiger partial charge on any atom is -0.317 e. The van der Waals surface area contributed by atoms with E-state index in [0.29, 0.717) is 0 Å². The average Bonchev–Trinajstić information content (AvgIpc) is 2.86. The normalized spacial score (nSPS) is 10.9. The number of para-hydroxylation sites is 2. The lowest BCUT2D eigenvalue weighted by Gasteiger charge is -2.02. The summed E-state index contributed by atoms with van der Waals surface area (Å²) in [6.45, 7) is 0. The van der Waals surface area contributed by atoms with Crippen molar-refractivity contribution in [2.75, 3.05) is 5.32 Å². The maximum Gasteiger partial charge on any atom is 0.208 e. The maximum absolute atomic E-state index is 4.56. The fourth-order valence-electron chi connectivity index (χ4n) is 1.75. The number of hydrogen-bond donors (Lipinski definition) is 1. The zero-order valence-corrected chi connectivity index (χ0v) is 11.5. The van der Waals surface area contributed by atoms with E-state index in [1.807, 2.05) is 36.7 Å². The van der Waals surface area contributed by atoms with Gasteiger partial charge < -0.3 is 9.88 Å². The van der Waals surface area contributed by atoms with E-state index in [0.717, 1.165) is 26.5 Å². The Morgan fingerprint density at radius 3 is 2.88 bits per heavy atom. The fourth-order valence-corrected chi connectivity index (χ4v) is 3.06. The number of nitrogens with one attached hydrogen (secondary N) is 1. The number of benzene rings is 1. The monoisotopic (exact) mass is 307 g/mol. The molecule has 0 saturated heterocycles. The summed E-state index contributed by atoms with van der Waals surface area (Å²) < 4.78 is 3.15. The molecule has 3 rings (SSSR count). The largest absolute Gasteiger partial charge is 0.317 e. The Bertz CT molecular complexity index is 671. The zero-order valence-electron chi connectivity index (χ0n) is 9.14. The van der Waals surface area contributed by atoms with Crippen molar-refractivity contribution in [1.29, 1.82) is 0 Å². The first-order valence-electron chi connectivity index (χ1n) is 5.16. The molecule has 86 valence electrons. The van der Waals surface area contributed by atoms with Crippen LogP contribution in [0.4, 0.5) is 10.9 Å². The smallest absolute Gasteiger partial charge is 0.208 e. The van der Waals surface area contributed by atoms with Crippen molar-refractivity contribution in [3.63, 3.8) is 0 Å². The van der Waals surface area contributed by atoms with Crippen LogP contribution in [0.1, 0.15) is 0 Å². The molecule has 0 bridgehead atoms. The van der Waals surface area contributed by atoms with Crippen molar-refractivity contribution < 1.29 is 0 Å². The van der Waals surface area contributed by atoms with E-state index in [-0.39, 0.29) is 0 Å².